The van der Waals surface area contributed by atoms with Gasteiger partial charge in [-0.05, 0) is 135 Å². The van der Waals surface area contributed by atoms with Crippen LogP contribution in [0, 0.1) is 10.8 Å². The Morgan fingerprint density at radius 1 is 0.617 bits per heavy atom. The predicted molar refractivity (Wildman–Crippen MR) is 248 cm³/mol. The van der Waals surface area contributed by atoms with E-state index in [-0.39, 0.29) is 16.2 Å². The molecule has 1 spiro atoms. The van der Waals surface area contributed by atoms with Gasteiger partial charge in [0.15, 0.2) is 5.60 Å². The van der Waals surface area contributed by atoms with Gasteiger partial charge in [-0.15, -0.1) is 11.3 Å². The van der Waals surface area contributed by atoms with E-state index >= 15 is 0 Å². The number of ether oxygens (including phenoxy) is 4. The van der Waals surface area contributed by atoms with Gasteiger partial charge in [0.05, 0.1) is 25.5 Å². The SMILES string of the molecule is COc1ccc(-c2cc3c4c(c5c(c3cc2Sc2cccs2)-c2ccccc2C52CC(C)(C)CC(C)(C)C2)C=CC(c2ccc(OC)cc2)(c2ccc(OC)cc2)O4)cc1. The van der Waals surface area contributed by atoms with Crippen LogP contribution >= 0.6 is 23.1 Å². The molecule has 3 aliphatic rings. The molecular weight excluding hydrogens is 777 g/mol. The third kappa shape index (κ3) is 6.25. The summed E-state index contributed by atoms with van der Waals surface area (Å²) in [6.45, 7) is 9.91. The highest BCUT2D eigenvalue weighted by Crippen LogP contribution is 2.67. The highest BCUT2D eigenvalue weighted by atomic mass is 32.2. The monoisotopic (exact) mass is 826 g/mol. The molecule has 1 aromatic heterocycles. The molecule has 0 atom stereocenters. The van der Waals surface area contributed by atoms with Crippen molar-refractivity contribution in [1.29, 1.82) is 0 Å². The highest BCUT2D eigenvalue weighted by molar-refractivity contribution is 8.01. The van der Waals surface area contributed by atoms with Crippen LogP contribution in [-0.4, -0.2) is 21.3 Å². The van der Waals surface area contributed by atoms with Crippen LogP contribution in [0.4, 0.5) is 0 Å². The van der Waals surface area contributed by atoms with Gasteiger partial charge in [0.25, 0.3) is 0 Å². The van der Waals surface area contributed by atoms with E-state index in [1.54, 1.807) is 32.7 Å². The molecule has 0 amide bonds. The summed E-state index contributed by atoms with van der Waals surface area (Å²) in [6.07, 6.45) is 7.98. The van der Waals surface area contributed by atoms with Crippen LogP contribution in [0.15, 0.2) is 142 Å². The number of hydrogen-bond donors (Lipinski definition) is 0. The number of hydrogen-bond acceptors (Lipinski definition) is 6. The average Bonchev–Trinajstić information content (AvgIpc) is 3.86. The molecule has 6 heteroatoms. The van der Waals surface area contributed by atoms with E-state index in [9.17, 15) is 0 Å². The first-order valence-electron chi connectivity index (χ1n) is 20.8. The van der Waals surface area contributed by atoms with Gasteiger partial charge in [0.2, 0.25) is 0 Å². The fraction of sp³-hybridized carbons (Fsp3) is 0.259. The van der Waals surface area contributed by atoms with Crippen molar-refractivity contribution in [3.05, 3.63) is 161 Å². The fourth-order valence-corrected chi connectivity index (χ4v) is 13.2. The van der Waals surface area contributed by atoms with Gasteiger partial charge in [-0.2, -0.15) is 0 Å². The first-order chi connectivity index (χ1) is 29.0. The summed E-state index contributed by atoms with van der Waals surface area (Å²) in [4.78, 5) is 1.21. The van der Waals surface area contributed by atoms with Gasteiger partial charge >= 0.3 is 0 Å². The van der Waals surface area contributed by atoms with E-state index in [4.69, 9.17) is 18.9 Å². The minimum Gasteiger partial charge on any atom is -0.497 e. The van der Waals surface area contributed by atoms with Crippen molar-refractivity contribution in [1.82, 2.24) is 0 Å². The van der Waals surface area contributed by atoms with Crippen LogP contribution in [0.2, 0.25) is 0 Å². The van der Waals surface area contributed by atoms with E-state index in [0.29, 0.717) is 0 Å². The Bertz CT molecular complexity index is 2710. The fourth-order valence-electron chi connectivity index (χ4n) is 11.3. The van der Waals surface area contributed by atoms with E-state index in [2.05, 4.69) is 142 Å². The van der Waals surface area contributed by atoms with Crippen LogP contribution in [0.1, 0.15) is 74.8 Å². The Kier molecular flexibility index (Phi) is 9.27. The summed E-state index contributed by atoms with van der Waals surface area (Å²) in [5.41, 5.74) is 10.1. The van der Waals surface area contributed by atoms with E-state index in [1.165, 1.54) is 48.7 Å². The Labute approximate surface area is 362 Å². The zero-order chi connectivity index (χ0) is 41.4. The standard InChI is InChI=1S/C54H50O4S2/c1-51(2)31-52(3,4)33-53(32-51)45-12-9-8-11-40(45)48-43-30-46(60-47-13-10-28-59-47)42(34-14-20-37(55-5)21-15-34)29-44(43)50-41(49(48)53)26-27-54(58-50,35-16-22-38(56-6)23-17-35)36-18-24-39(57-7)25-19-36/h8-30H,31-33H2,1-7H3. The molecule has 302 valence electrons. The van der Waals surface area contributed by atoms with Gasteiger partial charge in [-0.25, -0.2) is 0 Å². The summed E-state index contributed by atoms with van der Waals surface area (Å²) in [5.74, 6) is 3.34. The third-order valence-electron chi connectivity index (χ3n) is 13.0. The van der Waals surface area contributed by atoms with Gasteiger partial charge in [-0.1, -0.05) is 112 Å². The summed E-state index contributed by atoms with van der Waals surface area (Å²) in [7, 11) is 5.14. The van der Waals surface area contributed by atoms with Crippen LogP contribution in [0.5, 0.6) is 23.0 Å². The van der Waals surface area contributed by atoms with Gasteiger partial charge < -0.3 is 18.9 Å². The molecule has 1 aliphatic heterocycles. The zero-order valence-corrected chi connectivity index (χ0v) is 37.0. The van der Waals surface area contributed by atoms with Crippen molar-refractivity contribution >= 4 is 39.9 Å². The minimum atomic E-state index is -0.943. The van der Waals surface area contributed by atoms with Crippen LogP contribution in [0.25, 0.3) is 39.1 Å². The lowest BCUT2D eigenvalue weighted by atomic mass is 9.52. The zero-order valence-electron chi connectivity index (χ0n) is 35.3. The molecule has 4 nitrogen and oxygen atoms in total. The molecule has 6 aromatic carbocycles. The third-order valence-corrected chi connectivity index (χ3v) is 15.1. The number of benzene rings is 6. The second kappa shape index (κ2) is 14.4. The Morgan fingerprint density at radius 3 is 1.80 bits per heavy atom. The summed E-state index contributed by atoms with van der Waals surface area (Å²) < 4.78 is 26.1. The molecule has 7 aromatic rings. The maximum atomic E-state index is 7.89. The smallest absolute Gasteiger partial charge is 0.178 e. The second-order valence-electron chi connectivity index (χ2n) is 18.3. The maximum Gasteiger partial charge on any atom is 0.178 e. The Hall–Kier alpha value is -5.43. The van der Waals surface area contributed by atoms with Gasteiger partial charge in [0.1, 0.15) is 23.0 Å². The van der Waals surface area contributed by atoms with E-state index in [1.807, 2.05) is 36.0 Å². The van der Waals surface area contributed by atoms with E-state index in [0.717, 1.165) is 63.5 Å². The normalized spacial score (nSPS) is 17.4. The van der Waals surface area contributed by atoms with Crippen molar-refractivity contribution < 1.29 is 18.9 Å². The Balaban J connectivity index is 1.33. The largest absolute Gasteiger partial charge is 0.497 e. The van der Waals surface area contributed by atoms with Crippen molar-refractivity contribution in [3.63, 3.8) is 0 Å². The molecule has 0 N–H and O–H groups in total. The number of thiophene rings is 1. The van der Waals surface area contributed by atoms with Gasteiger partial charge in [-0.3, -0.25) is 0 Å². The predicted octanol–water partition coefficient (Wildman–Crippen LogP) is 14.6. The first kappa shape index (κ1) is 38.8. The molecule has 0 saturated heterocycles. The topological polar surface area (TPSA) is 36.9 Å². The number of methoxy groups -OCH3 is 3. The van der Waals surface area contributed by atoms with Crippen molar-refractivity contribution in [2.75, 3.05) is 21.3 Å². The lowest BCUT2D eigenvalue weighted by molar-refractivity contribution is 0.0642. The minimum absolute atomic E-state index is 0.117. The molecule has 10 rings (SSSR count). The molecular formula is C54H50O4S2. The van der Waals surface area contributed by atoms with E-state index < -0.39 is 5.60 Å². The lowest BCUT2D eigenvalue weighted by Crippen LogP contribution is -2.44. The molecule has 0 radical (unpaired) electrons. The number of rotatable bonds is 8. The summed E-state index contributed by atoms with van der Waals surface area (Å²) >= 11 is 3.62. The molecule has 0 bridgehead atoms. The molecule has 0 unspecified atom stereocenters. The first-order valence-corrected chi connectivity index (χ1v) is 22.5. The Morgan fingerprint density at radius 2 is 1.22 bits per heavy atom. The maximum absolute atomic E-state index is 7.89. The quantitative estimate of drug-likeness (QED) is 0.153. The van der Waals surface area contributed by atoms with Gasteiger partial charge in [0, 0.05) is 32.4 Å². The second-order valence-corrected chi connectivity index (χ2v) is 20.6. The van der Waals surface area contributed by atoms with Crippen LogP contribution in [0.3, 0.4) is 0 Å². The average molecular weight is 827 g/mol. The summed E-state index contributed by atoms with van der Waals surface area (Å²) in [6, 6.07) is 43.6. The molecule has 1 saturated carbocycles. The highest BCUT2D eigenvalue weighted by Gasteiger charge is 2.55. The molecule has 60 heavy (non-hydrogen) atoms. The van der Waals surface area contributed by atoms with Crippen LogP contribution < -0.4 is 18.9 Å². The number of fused-ring (bicyclic) bond motifs is 10. The summed E-state index contributed by atoms with van der Waals surface area (Å²) in [5, 5.41) is 4.48. The van der Waals surface area contributed by atoms with Crippen molar-refractivity contribution in [2.45, 2.75) is 67.1 Å². The molecule has 1 fully saturated rings. The van der Waals surface area contributed by atoms with Crippen LogP contribution in [-0.2, 0) is 11.0 Å². The molecule has 2 heterocycles. The van der Waals surface area contributed by atoms with Crippen molar-refractivity contribution in [2.24, 2.45) is 10.8 Å². The lowest BCUT2D eigenvalue weighted by Gasteiger charge is -2.52. The van der Waals surface area contributed by atoms with Crippen molar-refractivity contribution in [3.8, 4) is 45.3 Å². The molecule has 2 aliphatic carbocycles.